The summed E-state index contributed by atoms with van der Waals surface area (Å²) in [6.45, 7) is 6.04. The maximum Gasteiger partial charge on any atom is 0.251 e. The second-order valence-electron chi connectivity index (χ2n) is 7.99. The lowest BCUT2D eigenvalue weighted by Crippen LogP contribution is -2.36. The van der Waals surface area contributed by atoms with Crippen molar-refractivity contribution in [3.63, 3.8) is 0 Å². The molecule has 2 aromatic heterocycles. The standard InChI is InChI=1S/C22H26N6O2S/c1-15-23-19(14-31-15)21-26-25-20-7-4-17(8-9-28(20)21)24-22(29)16-2-5-18(6-3-16)27-10-12-30-13-11-27/h2-3,5-6,14,17H,4,7-13H2,1H3,(H,24,29). The van der Waals surface area contributed by atoms with Crippen LogP contribution in [0.2, 0.25) is 0 Å². The van der Waals surface area contributed by atoms with Crippen molar-refractivity contribution in [2.24, 2.45) is 0 Å². The highest BCUT2D eigenvalue weighted by Crippen LogP contribution is 2.24. The van der Waals surface area contributed by atoms with Crippen LogP contribution in [0.5, 0.6) is 0 Å². The van der Waals surface area contributed by atoms with E-state index in [0.29, 0.717) is 5.56 Å². The number of hydrogen-bond acceptors (Lipinski definition) is 7. The largest absolute Gasteiger partial charge is 0.378 e. The number of hydrogen-bond donors (Lipinski definition) is 1. The van der Waals surface area contributed by atoms with Gasteiger partial charge in [0.25, 0.3) is 5.91 Å². The van der Waals surface area contributed by atoms with E-state index in [-0.39, 0.29) is 11.9 Å². The highest BCUT2D eigenvalue weighted by atomic mass is 32.1. The number of nitrogens with zero attached hydrogens (tertiary/aromatic N) is 5. The lowest BCUT2D eigenvalue weighted by Gasteiger charge is -2.28. The van der Waals surface area contributed by atoms with E-state index < -0.39 is 0 Å². The molecule has 0 aliphatic carbocycles. The maximum atomic E-state index is 12.8. The van der Waals surface area contributed by atoms with Gasteiger partial charge in [-0.3, -0.25) is 4.79 Å². The van der Waals surface area contributed by atoms with Gasteiger partial charge in [-0.15, -0.1) is 21.5 Å². The van der Waals surface area contributed by atoms with Crippen LogP contribution in [0.1, 0.15) is 34.0 Å². The molecule has 2 aliphatic rings. The zero-order valence-electron chi connectivity index (χ0n) is 17.6. The van der Waals surface area contributed by atoms with Crippen molar-refractivity contribution in [3.8, 4) is 11.5 Å². The molecule has 1 amide bonds. The van der Waals surface area contributed by atoms with Gasteiger partial charge >= 0.3 is 0 Å². The predicted molar refractivity (Wildman–Crippen MR) is 120 cm³/mol. The number of benzene rings is 1. The molecule has 0 bridgehead atoms. The second kappa shape index (κ2) is 8.76. The van der Waals surface area contributed by atoms with Gasteiger partial charge in [-0.05, 0) is 44.0 Å². The zero-order chi connectivity index (χ0) is 21.2. The topological polar surface area (TPSA) is 85.2 Å². The molecule has 1 unspecified atom stereocenters. The van der Waals surface area contributed by atoms with E-state index in [1.165, 1.54) is 0 Å². The summed E-state index contributed by atoms with van der Waals surface area (Å²) in [7, 11) is 0. The number of aromatic nitrogens is 4. The first kappa shape index (κ1) is 20.1. The molecule has 4 heterocycles. The summed E-state index contributed by atoms with van der Waals surface area (Å²) in [6, 6.07) is 7.98. The average molecular weight is 439 g/mol. The summed E-state index contributed by atoms with van der Waals surface area (Å²) in [5, 5.41) is 15.0. The fourth-order valence-electron chi connectivity index (χ4n) is 4.20. The quantitative estimate of drug-likeness (QED) is 0.674. The van der Waals surface area contributed by atoms with Gasteiger partial charge in [0, 0.05) is 48.7 Å². The predicted octanol–water partition coefficient (Wildman–Crippen LogP) is 2.68. The molecule has 0 saturated carbocycles. The first-order chi connectivity index (χ1) is 15.2. The van der Waals surface area contributed by atoms with Crippen molar-refractivity contribution < 1.29 is 9.53 Å². The maximum absolute atomic E-state index is 12.8. The van der Waals surface area contributed by atoms with Gasteiger partial charge in [0.1, 0.15) is 11.5 Å². The minimum absolute atomic E-state index is 0.0217. The lowest BCUT2D eigenvalue weighted by atomic mass is 10.1. The van der Waals surface area contributed by atoms with Crippen LogP contribution in [0.25, 0.3) is 11.5 Å². The molecule has 0 radical (unpaired) electrons. The van der Waals surface area contributed by atoms with E-state index in [9.17, 15) is 4.79 Å². The Balaban J connectivity index is 1.22. The van der Waals surface area contributed by atoms with E-state index in [4.69, 9.17) is 4.74 Å². The summed E-state index contributed by atoms with van der Waals surface area (Å²) in [6.07, 6.45) is 2.49. The molecule has 31 heavy (non-hydrogen) atoms. The molecule has 9 heteroatoms. The average Bonchev–Trinajstić information content (AvgIpc) is 3.36. The second-order valence-corrected chi connectivity index (χ2v) is 9.05. The smallest absolute Gasteiger partial charge is 0.251 e. The Kier molecular flexibility index (Phi) is 5.69. The number of carbonyl (C=O) groups excluding carboxylic acids is 1. The third-order valence-electron chi connectivity index (χ3n) is 5.93. The van der Waals surface area contributed by atoms with E-state index >= 15 is 0 Å². The monoisotopic (exact) mass is 438 g/mol. The minimum atomic E-state index is -0.0217. The Morgan fingerprint density at radius 2 is 1.94 bits per heavy atom. The Hall–Kier alpha value is -2.78. The lowest BCUT2D eigenvalue weighted by molar-refractivity contribution is 0.0933. The fraction of sp³-hybridized carbons (Fsp3) is 0.455. The summed E-state index contributed by atoms with van der Waals surface area (Å²) in [4.78, 5) is 19.7. The molecular formula is C22H26N6O2S. The van der Waals surface area contributed by atoms with Crippen molar-refractivity contribution in [1.29, 1.82) is 0 Å². The van der Waals surface area contributed by atoms with Gasteiger partial charge in [0.2, 0.25) is 0 Å². The minimum Gasteiger partial charge on any atom is -0.378 e. The number of rotatable bonds is 4. The SMILES string of the molecule is Cc1nc(-c2nnc3n2CCC(NC(=O)c2ccc(N4CCOCC4)cc2)CC3)cs1. The van der Waals surface area contributed by atoms with Gasteiger partial charge in [0.05, 0.1) is 18.2 Å². The Morgan fingerprint density at radius 1 is 1.13 bits per heavy atom. The van der Waals surface area contributed by atoms with Gasteiger partial charge in [-0.2, -0.15) is 0 Å². The van der Waals surface area contributed by atoms with E-state index in [1.54, 1.807) is 11.3 Å². The number of anilines is 1. The summed E-state index contributed by atoms with van der Waals surface area (Å²) >= 11 is 1.62. The number of ether oxygens (including phenoxy) is 1. The van der Waals surface area contributed by atoms with Crippen molar-refractivity contribution >= 4 is 22.9 Å². The normalized spacial score (nSPS) is 19.0. The van der Waals surface area contributed by atoms with Gasteiger partial charge < -0.3 is 19.5 Å². The first-order valence-corrected chi connectivity index (χ1v) is 11.6. The molecule has 8 nitrogen and oxygen atoms in total. The highest BCUT2D eigenvalue weighted by molar-refractivity contribution is 7.09. The summed E-state index contributed by atoms with van der Waals surface area (Å²) in [5.74, 6) is 1.77. The van der Waals surface area contributed by atoms with Gasteiger partial charge in [0.15, 0.2) is 5.82 Å². The number of amides is 1. The number of thiazole rings is 1. The third-order valence-corrected chi connectivity index (χ3v) is 6.71. The number of nitrogens with one attached hydrogen (secondary N) is 1. The molecule has 162 valence electrons. The van der Waals surface area contributed by atoms with E-state index in [2.05, 4.69) is 30.0 Å². The molecule has 1 atom stereocenters. The molecule has 1 fully saturated rings. The number of carbonyl (C=O) groups is 1. The zero-order valence-corrected chi connectivity index (χ0v) is 18.4. The Labute approximate surface area is 185 Å². The molecule has 3 aromatic rings. The van der Waals surface area contributed by atoms with E-state index in [1.807, 2.05) is 36.6 Å². The Morgan fingerprint density at radius 3 is 2.68 bits per heavy atom. The first-order valence-electron chi connectivity index (χ1n) is 10.8. The van der Waals surface area contributed by atoms with Crippen LogP contribution < -0.4 is 10.2 Å². The van der Waals surface area contributed by atoms with Crippen molar-refractivity contribution in [2.75, 3.05) is 31.2 Å². The van der Waals surface area contributed by atoms with Crippen LogP contribution in [0, 0.1) is 6.92 Å². The van der Waals surface area contributed by atoms with Crippen LogP contribution in [0.4, 0.5) is 5.69 Å². The summed E-state index contributed by atoms with van der Waals surface area (Å²) < 4.78 is 7.56. The molecule has 1 N–H and O–H groups in total. The van der Waals surface area contributed by atoms with Crippen LogP contribution in [0.15, 0.2) is 29.6 Å². The molecule has 1 aromatic carbocycles. The van der Waals surface area contributed by atoms with Crippen LogP contribution >= 0.6 is 11.3 Å². The van der Waals surface area contributed by atoms with Crippen molar-refractivity contribution in [1.82, 2.24) is 25.1 Å². The van der Waals surface area contributed by atoms with Crippen LogP contribution in [-0.2, 0) is 17.7 Å². The molecule has 2 aliphatic heterocycles. The molecule has 0 spiro atoms. The number of aryl methyl sites for hydroxylation is 2. The third kappa shape index (κ3) is 4.33. The van der Waals surface area contributed by atoms with Gasteiger partial charge in [-0.1, -0.05) is 0 Å². The van der Waals surface area contributed by atoms with Crippen LogP contribution in [0.3, 0.4) is 0 Å². The van der Waals surface area contributed by atoms with Crippen molar-refractivity contribution in [3.05, 3.63) is 46.0 Å². The molecular weight excluding hydrogens is 412 g/mol. The fourth-order valence-corrected chi connectivity index (χ4v) is 4.79. The molecule has 1 saturated heterocycles. The number of morpholine rings is 1. The van der Waals surface area contributed by atoms with Crippen molar-refractivity contribution in [2.45, 2.75) is 38.8 Å². The Bertz CT molecular complexity index is 1050. The number of fused-ring (bicyclic) bond motifs is 1. The van der Waals surface area contributed by atoms with Gasteiger partial charge in [-0.25, -0.2) is 4.98 Å². The van der Waals surface area contributed by atoms with E-state index in [0.717, 1.165) is 80.1 Å². The molecule has 5 rings (SSSR count). The highest BCUT2D eigenvalue weighted by Gasteiger charge is 2.23. The summed E-state index contributed by atoms with van der Waals surface area (Å²) in [5.41, 5.74) is 2.71. The van der Waals surface area contributed by atoms with Crippen LogP contribution in [-0.4, -0.2) is 58.0 Å².